The van der Waals surface area contributed by atoms with E-state index in [1.807, 2.05) is 6.07 Å². The number of likely N-dealkylation sites (tertiary alicyclic amines) is 2. The van der Waals surface area contributed by atoms with Crippen molar-refractivity contribution in [1.29, 1.82) is 0 Å². The summed E-state index contributed by atoms with van der Waals surface area (Å²) in [5, 5.41) is 11.7. The number of aliphatic hydroxyl groups excluding tert-OH is 1. The minimum Gasteiger partial charge on any atom is -0.394 e. The molecule has 4 N–H and O–H groups in total. The van der Waals surface area contributed by atoms with E-state index >= 15 is 0 Å². The van der Waals surface area contributed by atoms with Crippen LogP contribution in [0.1, 0.15) is 24.8 Å². The number of nitrogens with zero attached hydrogens (tertiary/aromatic N) is 2. The Balaban J connectivity index is 1.62. The van der Waals surface area contributed by atoms with E-state index in [0.29, 0.717) is 25.0 Å². The van der Waals surface area contributed by atoms with E-state index in [-0.39, 0.29) is 5.91 Å². The average molecular weight is 360 g/mol. The minimum atomic E-state index is -0.951. The van der Waals surface area contributed by atoms with Crippen LogP contribution in [0.2, 0.25) is 0 Å². The Morgan fingerprint density at radius 2 is 2.00 bits per heavy atom. The number of hydrogen-bond acceptors (Lipinski definition) is 4. The van der Waals surface area contributed by atoms with Crippen molar-refractivity contribution >= 4 is 11.9 Å². The normalized spacial score (nSPS) is 24.6. The van der Waals surface area contributed by atoms with Crippen LogP contribution < -0.4 is 11.1 Å². The standard InChI is InChI=1S/C19H28N4O3/c20-19(26)21-16(13-24)18(25)23-10-8-17-15(12-23)7-4-9-22(17)11-14-5-2-1-3-6-14/h1-3,5-6,15-17,24H,4,7-13H2,(H3,20,21,26). The number of hydrogen-bond donors (Lipinski definition) is 3. The SMILES string of the molecule is NC(=O)NC(CO)C(=O)N1CCC2C(CCCN2Cc2ccccc2)C1. The van der Waals surface area contributed by atoms with Crippen LogP contribution in [-0.2, 0) is 11.3 Å². The lowest BCUT2D eigenvalue weighted by molar-refractivity contribution is -0.138. The fraction of sp³-hybridized carbons (Fsp3) is 0.579. The van der Waals surface area contributed by atoms with Crippen LogP contribution in [0, 0.1) is 5.92 Å². The van der Waals surface area contributed by atoms with Gasteiger partial charge in [-0.15, -0.1) is 0 Å². The van der Waals surface area contributed by atoms with Crippen molar-refractivity contribution in [3.8, 4) is 0 Å². The molecule has 7 nitrogen and oxygen atoms in total. The van der Waals surface area contributed by atoms with Crippen LogP contribution in [0.15, 0.2) is 30.3 Å². The van der Waals surface area contributed by atoms with Crippen LogP contribution in [0.3, 0.4) is 0 Å². The lowest BCUT2D eigenvalue weighted by Crippen LogP contribution is -2.59. The smallest absolute Gasteiger partial charge is 0.312 e. The summed E-state index contributed by atoms with van der Waals surface area (Å²) in [4.78, 5) is 27.9. The molecule has 2 fully saturated rings. The molecule has 3 atom stereocenters. The molecule has 2 aliphatic rings. The van der Waals surface area contributed by atoms with Crippen LogP contribution >= 0.6 is 0 Å². The van der Waals surface area contributed by atoms with Gasteiger partial charge in [-0.1, -0.05) is 30.3 Å². The molecule has 0 spiro atoms. The zero-order valence-electron chi connectivity index (χ0n) is 15.0. The highest BCUT2D eigenvalue weighted by atomic mass is 16.3. The number of amides is 3. The number of nitrogens with one attached hydrogen (secondary N) is 1. The third-order valence-electron chi connectivity index (χ3n) is 5.52. The molecule has 0 saturated carbocycles. The zero-order valence-corrected chi connectivity index (χ0v) is 15.0. The molecule has 1 aromatic carbocycles. The van der Waals surface area contributed by atoms with Crippen molar-refractivity contribution < 1.29 is 14.7 Å². The molecule has 2 saturated heterocycles. The largest absolute Gasteiger partial charge is 0.394 e. The number of fused-ring (bicyclic) bond motifs is 1. The first kappa shape index (κ1) is 18.7. The van der Waals surface area contributed by atoms with Gasteiger partial charge in [0.1, 0.15) is 6.04 Å². The Kier molecular flexibility index (Phi) is 6.11. The van der Waals surface area contributed by atoms with Crippen LogP contribution in [-0.4, -0.2) is 65.2 Å². The fourth-order valence-corrected chi connectivity index (χ4v) is 4.30. The van der Waals surface area contributed by atoms with E-state index in [1.54, 1.807) is 4.90 Å². The molecule has 3 amide bonds. The summed E-state index contributed by atoms with van der Waals surface area (Å²) in [6.45, 7) is 2.91. The predicted octanol–water partition coefficient (Wildman–Crippen LogP) is 0.529. The minimum absolute atomic E-state index is 0.245. The number of benzene rings is 1. The Morgan fingerprint density at radius 3 is 2.69 bits per heavy atom. The molecule has 2 heterocycles. The number of nitrogens with two attached hydrogens (primary N) is 1. The van der Waals surface area contributed by atoms with Gasteiger partial charge in [0.15, 0.2) is 0 Å². The second-order valence-electron chi connectivity index (χ2n) is 7.24. The predicted molar refractivity (Wildman–Crippen MR) is 98.2 cm³/mol. The molecular formula is C19H28N4O3. The van der Waals surface area contributed by atoms with Crippen molar-refractivity contribution in [3.63, 3.8) is 0 Å². The summed E-state index contributed by atoms with van der Waals surface area (Å²) < 4.78 is 0. The number of aliphatic hydroxyl groups is 1. The van der Waals surface area contributed by atoms with Crippen molar-refractivity contribution in [2.24, 2.45) is 11.7 Å². The highest BCUT2D eigenvalue weighted by Gasteiger charge is 2.38. The van der Waals surface area contributed by atoms with E-state index in [0.717, 1.165) is 32.4 Å². The van der Waals surface area contributed by atoms with Crippen LogP contribution in [0.4, 0.5) is 4.79 Å². The molecule has 0 aromatic heterocycles. The van der Waals surface area contributed by atoms with Gasteiger partial charge in [0.25, 0.3) is 0 Å². The maximum Gasteiger partial charge on any atom is 0.312 e. The summed E-state index contributed by atoms with van der Waals surface area (Å²) in [6, 6.07) is 9.21. The lowest BCUT2D eigenvalue weighted by atomic mass is 9.83. The number of carbonyl (C=O) groups excluding carboxylic acids is 2. The molecule has 3 unspecified atom stereocenters. The van der Waals surface area contributed by atoms with Gasteiger partial charge in [-0.3, -0.25) is 9.69 Å². The number of carbonyl (C=O) groups is 2. The quantitative estimate of drug-likeness (QED) is 0.713. The molecule has 1 aromatic rings. The summed E-state index contributed by atoms with van der Waals surface area (Å²) in [7, 11) is 0. The van der Waals surface area contributed by atoms with Crippen LogP contribution in [0.25, 0.3) is 0 Å². The molecular weight excluding hydrogens is 332 g/mol. The summed E-state index contributed by atoms with van der Waals surface area (Å²) in [5.41, 5.74) is 6.41. The van der Waals surface area contributed by atoms with E-state index in [2.05, 4.69) is 34.5 Å². The van der Waals surface area contributed by atoms with Gasteiger partial charge in [-0.05, 0) is 37.3 Å². The molecule has 0 radical (unpaired) electrons. The third-order valence-corrected chi connectivity index (χ3v) is 5.52. The molecule has 2 aliphatic heterocycles. The first-order valence-electron chi connectivity index (χ1n) is 9.32. The van der Waals surface area contributed by atoms with Crippen molar-refractivity contribution in [2.75, 3.05) is 26.2 Å². The lowest BCUT2D eigenvalue weighted by Gasteiger charge is -2.47. The topological polar surface area (TPSA) is 98.9 Å². The second kappa shape index (κ2) is 8.51. The van der Waals surface area contributed by atoms with Gasteiger partial charge < -0.3 is 21.1 Å². The van der Waals surface area contributed by atoms with E-state index in [9.17, 15) is 14.7 Å². The average Bonchev–Trinajstić information content (AvgIpc) is 2.66. The number of rotatable bonds is 5. The first-order valence-corrected chi connectivity index (χ1v) is 9.32. The molecule has 3 rings (SSSR count). The van der Waals surface area contributed by atoms with E-state index in [1.165, 1.54) is 5.56 Å². The third kappa shape index (κ3) is 4.34. The van der Waals surface area contributed by atoms with Gasteiger partial charge in [-0.2, -0.15) is 0 Å². The van der Waals surface area contributed by atoms with Crippen LogP contribution in [0.5, 0.6) is 0 Å². The Labute approximate surface area is 154 Å². The molecule has 0 bridgehead atoms. The monoisotopic (exact) mass is 360 g/mol. The maximum atomic E-state index is 12.6. The van der Waals surface area contributed by atoms with E-state index in [4.69, 9.17) is 5.73 Å². The molecule has 26 heavy (non-hydrogen) atoms. The number of urea groups is 1. The summed E-state index contributed by atoms with van der Waals surface area (Å²) in [6.07, 6.45) is 3.14. The second-order valence-corrected chi connectivity index (χ2v) is 7.24. The number of piperidine rings is 2. The highest BCUT2D eigenvalue weighted by Crippen LogP contribution is 2.31. The highest BCUT2D eigenvalue weighted by molar-refractivity contribution is 5.86. The van der Waals surface area contributed by atoms with Gasteiger partial charge >= 0.3 is 6.03 Å². The molecule has 0 aliphatic carbocycles. The summed E-state index contributed by atoms with van der Waals surface area (Å²) >= 11 is 0. The van der Waals surface area contributed by atoms with Gasteiger partial charge in [0, 0.05) is 25.7 Å². The zero-order chi connectivity index (χ0) is 18.5. The number of primary amides is 1. The van der Waals surface area contributed by atoms with Crippen molar-refractivity contribution in [2.45, 2.75) is 37.9 Å². The van der Waals surface area contributed by atoms with Gasteiger partial charge in [0.2, 0.25) is 5.91 Å². The van der Waals surface area contributed by atoms with Crippen molar-refractivity contribution in [1.82, 2.24) is 15.1 Å². The molecule has 142 valence electrons. The van der Waals surface area contributed by atoms with Crippen molar-refractivity contribution in [3.05, 3.63) is 35.9 Å². The summed E-state index contributed by atoms with van der Waals surface area (Å²) in [5.74, 6) is 0.183. The Hall–Kier alpha value is -2.12. The Bertz CT molecular complexity index is 624. The molecule has 7 heteroatoms. The van der Waals surface area contributed by atoms with Gasteiger partial charge in [0.05, 0.1) is 6.61 Å². The Morgan fingerprint density at radius 1 is 1.23 bits per heavy atom. The van der Waals surface area contributed by atoms with E-state index < -0.39 is 18.7 Å². The fourth-order valence-electron chi connectivity index (χ4n) is 4.30. The van der Waals surface area contributed by atoms with Gasteiger partial charge in [-0.25, -0.2) is 4.79 Å². The maximum absolute atomic E-state index is 12.6. The first-order chi connectivity index (χ1) is 12.6.